The molecule has 2 aromatic rings. The Bertz CT molecular complexity index is 513. The second kappa shape index (κ2) is 4.40. The molecule has 16 heavy (non-hydrogen) atoms. The van der Waals surface area contributed by atoms with Crippen LogP contribution < -0.4 is 0 Å². The van der Waals surface area contributed by atoms with Crippen LogP contribution in [0.25, 0.3) is 0 Å². The highest BCUT2D eigenvalue weighted by atomic mass is 32.1. The van der Waals surface area contributed by atoms with Crippen LogP contribution in [-0.4, -0.2) is 16.6 Å². The molecule has 4 nitrogen and oxygen atoms in total. The SMILES string of the molecule is Cc1occc1C(=O)CC(=O)c1nccs1. The van der Waals surface area contributed by atoms with Crippen LogP contribution in [0.2, 0.25) is 0 Å². The number of carbonyl (C=O) groups is 2. The zero-order valence-electron chi connectivity index (χ0n) is 8.60. The van der Waals surface area contributed by atoms with Crippen molar-refractivity contribution in [2.75, 3.05) is 0 Å². The van der Waals surface area contributed by atoms with Gasteiger partial charge in [-0.15, -0.1) is 11.3 Å². The Morgan fingerprint density at radius 1 is 1.44 bits per heavy atom. The molecule has 2 rings (SSSR count). The number of Topliss-reactive ketones (excluding diaryl/α,β-unsaturated/α-hetero) is 2. The highest BCUT2D eigenvalue weighted by Crippen LogP contribution is 2.14. The van der Waals surface area contributed by atoms with Crippen molar-refractivity contribution in [2.24, 2.45) is 0 Å². The minimum atomic E-state index is -0.249. The van der Waals surface area contributed by atoms with Gasteiger partial charge in [-0.3, -0.25) is 9.59 Å². The summed E-state index contributed by atoms with van der Waals surface area (Å²) >= 11 is 1.24. The van der Waals surface area contributed by atoms with Gasteiger partial charge in [0.25, 0.3) is 0 Å². The van der Waals surface area contributed by atoms with Crippen LogP contribution in [-0.2, 0) is 0 Å². The van der Waals surface area contributed by atoms with Gasteiger partial charge >= 0.3 is 0 Å². The Labute approximate surface area is 95.9 Å². The lowest BCUT2D eigenvalue weighted by Crippen LogP contribution is -2.08. The number of rotatable bonds is 4. The lowest BCUT2D eigenvalue weighted by Gasteiger charge is -1.96. The molecule has 2 heterocycles. The molecule has 0 saturated carbocycles. The number of aromatic nitrogens is 1. The summed E-state index contributed by atoms with van der Waals surface area (Å²) in [6.07, 6.45) is 2.83. The molecule has 0 aromatic carbocycles. The van der Waals surface area contributed by atoms with E-state index in [0.29, 0.717) is 16.3 Å². The van der Waals surface area contributed by atoms with Gasteiger partial charge in [0.15, 0.2) is 16.6 Å². The summed E-state index contributed by atoms with van der Waals surface area (Å²) in [5, 5.41) is 2.08. The van der Waals surface area contributed by atoms with E-state index in [2.05, 4.69) is 4.98 Å². The topological polar surface area (TPSA) is 60.2 Å². The first-order valence-electron chi connectivity index (χ1n) is 4.68. The summed E-state index contributed by atoms with van der Waals surface area (Å²) in [4.78, 5) is 27.2. The van der Waals surface area contributed by atoms with Crippen LogP contribution in [0.1, 0.15) is 32.3 Å². The van der Waals surface area contributed by atoms with Crippen molar-refractivity contribution in [2.45, 2.75) is 13.3 Å². The van der Waals surface area contributed by atoms with E-state index in [-0.39, 0.29) is 18.0 Å². The van der Waals surface area contributed by atoms with Crippen LogP contribution in [0.4, 0.5) is 0 Å². The maximum absolute atomic E-state index is 11.7. The van der Waals surface area contributed by atoms with E-state index in [1.807, 2.05) is 0 Å². The summed E-state index contributed by atoms with van der Waals surface area (Å²) in [6.45, 7) is 1.70. The highest BCUT2D eigenvalue weighted by molar-refractivity contribution is 7.11. The van der Waals surface area contributed by atoms with Gasteiger partial charge in [-0.25, -0.2) is 4.98 Å². The lowest BCUT2D eigenvalue weighted by atomic mass is 10.1. The van der Waals surface area contributed by atoms with E-state index >= 15 is 0 Å². The van der Waals surface area contributed by atoms with Gasteiger partial charge in [0.1, 0.15) is 5.76 Å². The Morgan fingerprint density at radius 2 is 2.25 bits per heavy atom. The number of ketones is 2. The lowest BCUT2D eigenvalue weighted by molar-refractivity contribution is 0.0893. The molecule has 0 bridgehead atoms. The Balaban J connectivity index is 2.09. The van der Waals surface area contributed by atoms with Crippen LogP contribution in [0, 0.1) is 6.92 Å². The van der Waals surface area contributed by atoms with E-state index in [9.17, 15) is 9.59 Å². The van der Waals surface area contributed by atoms with E-state index in [4.69, 9.17) is 4.42 Å². The molecule has 0 saturated heterocycles. The monoisotopic (exact) mass is 235 g/mol. The van der Waals surface area contributed by atoms with E-state index in [0.717, 1.165) is 0 Å². The van der Waals surface area contributed by atoms with Gasteiger partial charge in [0, 0.05) is 11.6 Å². The molecule has 0 radical (unpaired) electrons. The first-order chi connectivity index (χ1) is 7.68. The molecule has 82 valence electrons. The second-order valence-corrected chi connectivity index (χ2v) is 4.15. The fourth-order valence-corrected chi connectivity index (χ4v) is 1.93. The van der Waals surface area contributed by atoms with Gasteiger partial charge in [-0.05, 0) is 13.0 Å². The zero-order valence-corrected chi connectivity index (χ0v) is 9.41. The largest absolute Gasteiger partial charge is 0.469 e. The highest BCUT2D eigenvalue weighted by Gasteiger charge is 2.18. The van der Waals surface area contributed by atoms with E-state index in [1.165, 1.54) is 17.6 Å². The molecule has 0 fully saturated rings. The number of thiazole rings is 1. The Hall–Kier alpha value is -1.75. The smallest absolute Gasteiger partial charge is 0.199 e. The fourth-order valence-electron chi connectivity index (χ4n) is 1.35. The molecular weight excluding hydrogens is 226 g/mol. The molecule has 5 heteroatoms. The van der Waals surface area contributed by atoms with Gasteiger partial charge < -0.3 is 4.42 Å². The molecule has 0 unspecified atom stereocenters. The van der Waals surface area contributed by atoms with Crippen molar-refractivity contribution in [1.29, 1.82) is 0 Å². The number of carbonyl (C=O) groups excluding carboxylic acids is 2. The average Bonchev–Trinajstić information content (AvgIpc) is 2.86. The fraction of sp³-hybridized carbons (Fsp3) is 0.182. The standard InChI is InChI=1S/C11H9NO3S/c1-7-8(2-4-15-7)9(13)6-10(14)11-12-3-5-16-11/h2-5H,6H2,1H3. The molecule has 0 spiro atoms. The summed E-state index contributed by atoms with van der Waals surface area (Å²) in [5.74, 6) is 0.0592. The van der Waals surface area contributed by atoms with Gasteiger partial charge in [0.05, 0.1) is 18.2 Å². The van der Waals surface area contributed by atoms with Gasteiger partial charge in [0.2, 0.25) is 0 Å². The number of hydrogen-bond donors (Lipinski definition) is 0. The molecule has 2 aromatic heterocycles. The third-order valence-electron chi connectivity index (χ3n) is 2.15. The second-order valence-electron chi connectivity index (χ2n) is 3.25. The first kappa shape index (κ1) is 10.8. The molecular formula is C11H9NO3S. The zero-order chi connectivity index (χ0) is 11.5. The Morgan fingerprint density at radius 3 is 2.81 bits per heavy atom. The van der Waals surface area contributed by atoms with Crippen LogP contribution >= 0.6 is 11.3 Å². The molecule has 0 aliphatic carbocycles. The normalized spacial score (nSPS) is 10.3. The van der Waals surface area contributed by atoms with Gasteiger partial charge in [-0.1, -0.05) is 0 Å². The van der Waals surface area contributed by atoms with E-state index < -0.39 is 0 Å². The summed E-state index contributed by atoms with van der Waals surface area (Å²) in [7, 11) is 0. The van der Waals surface area contributed by atoms with Crippen molar-refractivity contribution in [3.05, 3.63) is 40.2 Å². The predicted octanol–water partition coefficient (Wildman–Crippen LogP) is 2.50. The maximum atomic E-state index is 11.7. The third kappa shape index (κ3) is 2.09. The predicted molar refractivity (Wildman–Crippen MR) is 58.8 cm³/mol. The molecule has 0 atom stereocenters. The van der Waals surface area contributed by atoms with Crippen molar-refractivity contribution < 1.29 is 14.0 Å². The molecule has 0 N–H and O–H groups in total. The molecule has 0 aliphatic rings. The Kier molecular flexibility index (Phi) is 2.96. The van der Waals surface area contributed by atoms with E-state index in [1.54, 1.807) is 24.6 Å². The number of aryl methyl sites for hydroxylation is 1. The molecule has 0 amide bonds. The van der Waals surface area contributed by atoms with Gasteiger partial charge in [-0.2, -0.15) is 0 Å². The quantitative estimate of drug-likeness (QED) is 0.603. The summed E-state index contributed by atoms with van der Waals surface area (Å²) in [5.41, 5.74) is 0.463. The average molecular weight is 235 g/mol. The number of nitrogens with zero attached hydrogens (tertiary/aromatic N) is 1. The number of hydrogen-bond acceptors (Lipinski definition) is 5. The van der Waals surface area contributed by atoms with Crippen LogP contribution in [0.15, 0.2) is 28.3 Å². The van der Waals surface area contributed by atoms with Crippen LogP contribution in [0.5, 0.6) is 0 Å². The van der Waals surface area contributed by atoms with Crippen molar-refractivity contribution in [3.63, 3.8) is 0 Å². The summed E-state index contributed by atoms with van der Waals surface area (Å²) in [6, 6.07) is 1.58. The van der Waals surface area contributed by atoms with Crippen molar-refractivity contribution >= 4 is 22.9 Å². The minimum absolute atomic E-state index is 0.159. The summed E-state index contributed by atoms with van der Waals surface area (Å²) < 4.78 is 5.01. The molecule has 0 aliphatic heterocycles. The van der Waals surface area contributed by atoms with Crippen molar-refractivity contribution in [3.8, 4) is 0 Å². The first-order valence-corrected chi connectivity index (χ1v) is 5.56. The maximum Gasteiger partial charge on any atom is 0.199 e. The van der Waals surface area contributed by atoms with Crippen LogP contribution in [0.3, 0.4) is 0 Å². The number of furan rings is 1. The minimum Gasteiger partial charge on any atom is -0.469 e. The van der Waals surface area contributed by atoms with Crippen molar-refractivity contribution in [1.82, 2.24) is 4.98 Å². The third-order valence-corrected chi connectivity index (χ3v) is 2.97.